The van der Waals surface area contributed by atoms with Crippen LogP contribution >= 0.6 is 23.2 Å². The van der Waals surface area contributed by atoms with Crippen LogP contribution in [-0.2, 0) is 4.79 Å². The van der Waals surface area contributed by atoms with Crippen LogP contribution in [0.1, 0.15) is 28.3 Å². The van der Waals surface area contributed by atoms with Gasteiger partial charge in [-0.2, -0.15) is 0 Å². The molecule has 0 aliphatic carbocycles. The summed E-state index contributed by atoms with van der Waals surface area (Å²) in [4.78, 5) is 22.7. The van der Waals surface area contributed by atoms with E-state index in [0.717, 1.165) is 12.0 Å². The van der Waals surface area contributed by atoms with Crippen molar-refractivity contribution < 1.29 is 9.59 Å². The molecule has 0 saturated heterocycles. The summed E-state index contributed by atoms with van der Waals surface area (Å²) in [6.45, 7) is 1.42. The Labute approximate surface area is 157 Å². The van der Waals surface area contributed by atoms with Crippen LogP contribution in [0.5, 0.6) is 0 Å². The van der Waals surface area contributed by atoms with Crippen molar-refractivity contribution in [1.29, 1.82) is 0 Å². The lowest BCUT2D eigenvalue weighted by molar-refractivity contribution is -0.109. The molecule has 0 heterocycles. The van der Waals surface area contributed by atoms with Crippen molar-refractivity contribution in [2.45, 2.75) is 12.3 Å². The molecule has 2 aromatic rings. The highest BCUT2D eigenvalue weighted by Crippen LogP contribution is 2.27. The van der Waals surface area contributed by atoms with E-state index in [-0.39, 0.29) is 18.2 Å². The quantitative estimate of drug-likeness (QED) is 0.376. The molecule has 0 aromatic heterocycles. The number of nitrogens with one attached hydrogen (secondary N) is 2. The highest BCUT2D eigenvalue weighted by Gasteiger charge is 2.13. The summed E-state index contributed by atoms with van der Waals surface area (Å²) in [6, 6.07) is 14.6. The van der Waals surface area contributed by atoms with Crippen molar-refractivity contribution in [1.82, 2.24) is 10.6 Å². The molecule has 1 amide bonds. The van der Waals surface area contributed by atoms with Crippen molar-refractivity contribution in [2.75, 3.05) is 19.6 Å². The molecular formula is C19H20Cl2N2O2. The van der Waals surface area contributed by atoms with Crippen molar-refractivity contribution in [3.63, 3.8) is 0 Å². The lowest BCUT2D eigenvalue weighted by Crippen LogP contribution is -2.27. The summed E-state index contributed by atoms with van der Waals surface area (Å²) in [5.74, 6) is 0.136. The molecule has 2 aromatic carbocycles. The van der Waals surface area contributed by atoms with E-state index in [0.29, 0.717) is 35.1 Å². The van der Waals surface area contributed by atoms with Crippen molar-refractivity contribution in [2.24, 2.45) is 0 Å². The van der Waals surface area contributed by atoms with Gasteiger partial charge < -0.3 is 10.6 Å². The predicted molar refractivity (Wildman–Crippen MR) is 102 cm³/mol. The Bertz CT molecular complexity index is 708. The minimum Gasteiger partial charge on any atom is -0.358 e. The summed E-state index contributed by atoms with van der Waals surface area (Å²) in [6.07, 6.45) is 1.43. The van der Waals surface area contributed by atoms with E-state index in [9.17, 15) is 9.59 Å². The molecule has 25 heavy (non-hydrogen) atoms. The van der Waals surface area contributed by atoms with Crippen LogP contribution in [0.3, 0.4) is 0 Å². The number of ketones is 1. The lowest BCUT2D eigenvalue weighted by atomic mass is 9.95. The number of carbonyl (C=O) groups excluding carboxylic acids is 2. The largest absolute Gasteiger partial charge is 0.358 e. The van der Waals surface area contributed by atoms with Crippen molar-refractivity contribution in [3.8, 4) is 0 Å². The molecule has 0 aliphatic heterocycles. The Morgan fingerprint density at radius 2 is 1.84 bits per heavy atom. The first-order chi connectivity index (χ1) is 12.1. The highest BCUT2D eigenvalue weighted by molar-refractivity contribution is 6.42. The minimum absolute atomic E-state index is 0.0534. The average molecular weight is 379 g/mol. The van der Waals surface area contributed by atoms with Crippen molar-refractivity contribution in [3.05, 3.63) is 69.7 Å². The Hall–Kier alpha value is -1.88. The van der Waals surface area contributed by atoms with E-state index in [1.165, 1.54) is 0 Å². The zero-order valence-electron chi connectivity index (χ0n) is 13.7. The first kappa shape index (κ1) is 19.4. The summed E-state index contributed by atoms with van der Waals surface area (Å²) in [5.41, 5.74) is 1.69. The Morgan fingerprint density at radius 3 is 2.52 bits per heavy atom. The van der Waals surface area contributed by atoms with Crippen LogP contribution in [0.4, 0.5) is 0 Å². The normalized spacial score (nSPS) is 11.8. The number of hydrogen-bond acceptors (Lipinski definition) is 3. The van der Waals surface area contributed by atoms with Gasteiger partial charge in [0.15, 0.2) is 5.78 Å². The Morgan fingerprint density at radius 1 is 1.08 bits per heavy atom. The molecule has 2 rings (SSSR count). The standard InChI is InChI=1S/C19H20Cl2N2O2/c20-17-7-6-15(10-18(17)21)16(11-23-13-24)8-9-22-12-19(25)14-4-2-1-3-5-14/h1-7,10,13,16,22H,8-9,11-12H2,(H,23,24). The smallest absolute Gasteiger partial charge is 0.207 e. The van der Waals surface area contributed by atoms with Gasteiger partial charge in [-0.3, -0.25) is 9.59 Å². The molecule has 2 N–H and O–H groups in total. The fraction of sp³-hybridized carbons (Fsp3) is 0.263. The van der Waals surface area contributed by atoms with Gasteiger partial charge in [0.05, 0.1) is 16.6 Å². The maximum atomic E-state index is 12.1. The number of rotatable bonds is 10. The van der Waals surface area contributed by atoms with Crippen molar-refractivity contribution >= 4 is 35.4 Å². The van der Waals surface area contributed by atoms with Gasteiger partial charge in [0.2, 0.25) is 6.41 Å². The average Bonchev–Trinajstić information content (AvgIpc) is 2.64. The van der Waals surface area contributed by atoms with E-state index in [2.05, 4.69) is 10.6 Å². The van der Waals surface area contributed by atoms with Gasteiger partial charge in [-0.1, -0.05) is 59.6 Å². The van der Waals surface area contributed by atoms with Gasteiger partial charge in [0.1, 0.15) is 0 Å². The van der Waals surface area contributed by atoms with E-state index in [4.69, 9.17) is 23.2 Å². The maximum Gasteiger partial charge on any atom is 0.207 e. The number of hydrogen-bond donors (Lipinski definition) is 2. The third kappa shape index (κ3) is 6.16. The number of amides is 1. The summed E-state index contributed by atoms with van der Waals surface area (Å²) < 4.78 is 0. The molecule has 1 atom stereocenters. The fourth-order valence-corrected chi connectivity index (χ4v) is 2.85. The second-order valence-corrected chi connectivity index (χ2v) is 6.47. The van der Waals surface area contributed by atoms with Gasteiger partial charge in [-0.05, 0) is 30.7 Å². The minimum atomic E-state index is 0.0534. The molecule has 6 heteroatoms. The number of halogens is 2. The summed E-state index contributed by atoms with van der Waals surface area (Å²) in [5, 5.41) is 6.85. The Kier molecular flexibility index (Phi) is 7.92. The van der Waals surface area contributed by atoms with Gasteiger partial charge in [-0.15, -0.1) is 0 Å². The Balaban J connectivity index is 1.88. The van der Waals surface area contributed by atoms with Crippen LogP contribution < -0.4 is 10.6 Å². The molecule has 0 bridgehead atoms. The van der Waals surface area contributed by atoms with Crippen LogP contribution in [0, 0.1) is 0 Å². The third-order valence-corrected chi connectivity index (χ3v) is 4.65. The lowest BCUT2D eigenvalue weighted by Gasteiger charge is -2.18. The first-order valence-electron chi connectivity index (χ1n) is 8.02. The third-order valence-electron chi connectivity index (χ3n) is 3.91. The molecule has 0 radical (unpaired) electrons. The topological polar surface area (TPSA) is 58.2 Å². The monoisotopic (exact) mass is 378 g/mol. The SMILES string of the molecule is O=CNCC(CCNCC(=O)c1ccccc1)c1ccc(Cl)c(Cl)c1. The van der Waals surface area contributed by atoms with Crippen LogP contribution in [-0.4, -0.2) is 31.8 Å². The summed E-state index contributed by atoms with van der Waals surface area (Å²) in [7, 11) is 0. The van der Waals surface area contributed by atoms with E-state index >= 15 is 0 Å². The number of Topliss-reactive ketones (excluding diaryl/α,β-unsaturated/α-hetero) is 1. The molecule has 4 nitrogen and oxygen atoms in total. The first-order valence-corrected chi connectivity index (χ1v) is 8.78. The van der Waals surface area contributed by atoms with Gasteiger partial charge >= 0.3 is 0 Å². The number of carbonyl (C=O) groups is 2. The van der Waals surface area contributed by atoms with Gasteiger partial charge in [-0.25, -0.2) is 0 Å². The molecule has 0 fully saturated rings. The van der Waals surface area contributed by atoms with Crippen LogP contribution in [0.15, 0.2) is 48.5 Å². The summed E-state index contributed by atoms with van der Waals surface area (Å²) >= 11 is 12.0. The highest BCUT2D eigenvalue weighted by atomic mass is 35.5. The van der Waals surface area contributed by atoms with E-state index in [1.807, 2.05) is 30.3 Å². The number of benzene rings is 2. The molecular weight excluding hydrogens is 359 g/mol. The molecule has 0 spiro atoms. The zero-order valence-corrected chi connectivity index (χ0v) is 15.2. The van der Waals surface area contributed by atoms with Crippen LogP contribution in [0.2, 0.25) is 10.0 Å². The fourth-order valence-electron chi connectivity index (χ4n) is 2.55. The maximum absolute atomic E-state index is 12.1. The zero-order chi connectivity index (χ0) is 18.1. The molecule has 1 unspecified atom stereocenters. The van der Waals surface area contributed by atoms with E-state index in [1.54, 1.807) is 18.2 Å². The molecule has 132 valence electrons. The molecule has 0 aliphatic rings. The van der Waals surface area contributed by atoms with Gasteiger partial charge in [0.25, 0.3) is 0 Å². The second-order valence-electron chi connectivity index (χ2n) is 5.65. The van der Waals surface area contributed by atoms with Gasteiger partial charge in [0, 0.05) is 18.0 Å². The van der Waals surface area contributed by atoms with Crippen LogP contribution in [0.25, 0.3) is 0 Å². The molecule has 0 saturated carbocycles. The predicted octanol–water partition coefficient (Wildman–Crippen LogP) is 3.69. The second kappa shape index (κ2) is 10.2. The van der Waals surface area contributed by atoms with E-state index < -0.39 is 0 Å².